The maximum absolute atomic E-state index is 12.5. The smallest absolute Gasteiger partial charge is 0.325 e. The van der Waals surface area contributed by atoms with Gasteiger partial charge in [-0.1, -0.05) is 24.4 Å². The summed E-state index contributed by atoms with van der Waals surface area (Å²) in [5.41, 5.74) is 0.463. The number of nitrogens with zero attached hydrogens (tertiary/aromatic N) is 2. The van der Waals surface area contributed by atoms with Crippen LogP contribution in [0.2, 0.25) is 5.02 Å². The van der Waals surface area contributed by atoms with Gasteiger partial charge in [0.2, 0.25) is 0 Å². The van der Waals surface area contributed by atoms with Crippen molar-refractivity contribution in [2.75, 3.05) is 24.5 Å². The minimum Gasteiger partial charge on any atom is -0.480 e. The molecule has 0 radical (unpaired) electrons. The van der Waals surface area contributed by atoms with Crippen LogP contribution in [0.25, 0.3) is 0 Å². The Labute approximate surface area is 129 Å². The van der Waals surface area contributed by atoms with Gasteiger partial charge in [0.15, 0.2) is 0 Å². The molecule has 0 unspecified atom stereocenters. The standard InChI is InChI=1S/C15H17ClN2O3/c1-3-9-17(10-4-2)15(21)18(11-14(19)20)13-7-5-12(16)6-8-13/h1,5-8H,4,9-11H2,2H3,(H,19,20). The molecule has 0 aliphatic heterocycles. The van der Waals surface area contributed by atoms with Crippen molar-refractivity contribution in [2.24, 2.45) is 0 Å². The van der Waals surface area contributed by atoms with Crippen molar-refractivity contribution in [1.29, 1.82) is 0 Å². The molecule has 0 saturated carbocycles. The predicted molar refractivity (Wildman–Crippen MR) is 82.5 cm³/mol. The lowest BCUT2D eigenvalue weighted by Crippen LogP contribution is -2.46. The van der Waals surface area contributed by atoms with Crippen LogP contribution in [0.1, 0.15) is 13.3 Å². The van der Waals surface area contributed by atoms with E-state index in [1.807, 2.05) is 6.92 Å². The molecule has 21 heavy (non-hydrogen) atoms. The van der Waals surface area contributed by atoms with E-state index in [1.54, 1.807) is 24.3 Å². The molecule has 0 fully saturated rings. The van der Waals surface area contributed by atoms with Crippen LogP contribution in [0.15, 0.2) is 24.3 Å². The van der Waals surface area contributed by atoms with Crippen LogP contribution >= 0.6 is 11.6 Å². The van der Waals surface area contributed by atoms with Gasteiger partial charge >= 0.3 is 12.0 Å². The van der Waals surface area contributed by atoms with E-state index in [2.05, 4.69) is 5.92 Å². The number of carboxylic acid groups (broad SMARTS) is 1. The first-order chi connectivity index (χ1) is 9.99. The van der Waals surface area contributed by atoms with Gasteiger partial charge in [0.1, 0.15) is 6.54 Å². The third-order valence-electron chi connectivity index (χ3n) is 2.71. The summed E-state index contributed by atoms with van der Waals surface area (Å²) in [6.07, 6.45) is 5.99. The summed E-state index contributed by atoms with van der Waals surface area (Å²) in [6.45, 7) is 2.08. The molecule has 1 aromatic rings. The first-order valence-corrected chi connectivity index (χ1v) is 6.84. The largest absolute Gasteiger partial charge is 0.480 e. The summed E-state index contributed by atoms with van der Waals surface area (Å²) < 4.78 is 0. The summed E-state index contributed by atoms with van der Waals surface area (Å²) in [5.74, 6) is 1.31. The molecule has 0 heterocycles. The number of anilines is 1. The zero-order valence-corrected chi connectivity index (χ0v) is 12.5. The van der Waals surface area contributed by atoms with Gasteiger partial charge < -0.3 is 10.0 Å². The fraction of sp³-hybridized carbons (Fsp3) is 0.333. The second-order valence-electron chi connectivity index (χ2n) is 4.36. The van der Waals surface area contributed by atoms with Crippen LogP contribution in [-0.4, -0.2) is 41.6 Å². The van der Waals surface area contributed by atoms with Crippen molar-refractivity contribution >= 4 is 29.3 Å². The number of benzene rings is 1. The fourth-order valence-electron chi connectivity index (χ4n) is 1.82. The molecular formula is C15H17ClN2O3. The number of hydrogen-bond acceptors (Lipinski definition) is 2. The summed E-state index contributed by atoms with van der Waals surface area (Å²) in [6, 6.07) is 5.97. The van der Waals surface area contributed by atoms with Gasteiger partial charge in [-0.2, -0.15) is 0 Å². The molecule has 1 N–H and O–H groups in total. The molecule has 1 rings (SSSR count). The van der Waals surface area contributed by atoms with Gasteiger partial charge in [-0.25, -0.2) is 4.79 Å². The Bertz CT molecular complexity index is 537. The third-order valence-corrected chi connectivity index (χ3v) is 2.96. The average molecular weight is 309 g/mol. The molecule has 0 saturated heterocycles. The number of urea groups is 1. The fourth-order valence-corrected chi connectivity index (χ4v) is 1.94. The Morgan fingerprint density at radius 2 is 1.95 bits per heavy atom. The molecule has 5 nitrogen and oxygen atoms in total. The van der Waals surface area contributed by atoms with Gasteiger partial charge in [-0.15, -0.1) is 6.42 Å². The van der Waals surface area contributed by atoms with E-state index >= 15 is 0 Å². The Kier molecular flexibility index (Phi) is 6.57. The summed E-state index contributed by atoms with van der Waals surface area (Å²) in [4.78, 5) is 26.1. The van der Waals surface area contributed by atoms with E-state index < -0.39 is 18.5 Å². The number of carbonyl (C=O) groups is 2. The highest BCUT2D eigenvalue weighted by Crippen LogP contribution is 2.19. The lowest BCUT2D eigenvalue weighted by Gasteiger charge is -2.28. The van der Waals surface area contributed by atoms with E-state index in [9.17, 15) is 9.59 Å². The van der Waals surface area contributed by atoms with Crippen LogP contribution < -0.4 is 4.90 Å². The third kappa shape index (κ3) is 5.01. The van der Waals surface area contributed by atoms with Gasteiger partial charge in [0, 0.05) is 17.3 Å². The van der Waals surface area contributed by atoms with E-state index in [1.165, 1.54) is 9.80 Å². The number of hydrogen-bond donors (Lipinski definition) is 1. The van der Waals surface area contributed by atoms with E-state index in [4.69, 9.17) is 23.1 Å². The van der Waals surface area contributed by atoms with E-state index in [0.29, 0.717) is 17.3 Å². The number of carboxylic acids is 1. The average Bonchev–Trinajstić information content (AvgIpc) is 2.45. The monoisotopic (exact) mass is 308 g/mol. The highest BCUT2D eigenvalue weighted by Gasteiger charge is 2.23. The topological polar surface area (TPSA) is 60.9 Å². The van der Waals surface area contributed by atoms with Crippen molar-refractivity contribution in [2.45, 2.75) is 13.3 Å². The van der Waals surface area contributed by atoms with Gasteiger partial charge in [0.05, 0.1) is 6.54 Å². The molecule has 0 aromatic heterocycles. The first-order valence-electron chi connectivity index (χ1n) is 6.46. The van der Waals surface area contributed by atoms with Crippen LogP contribution in [-0.2, 0) is 4.79 Å². The molecule has 0 bridgehead atoms. The van der Waals surface area contributed by atoms with Gasteiger partial charge in [-0.3, -0.25) is 9.69 Å². The Hall–Kier alpha value is -2.19. The van der Waals surface area contributed by atoms with Crippen molar-refractivity contribution in [1.82, 2.24) is 4.90 Å². The molecular weight excluding hydrogens is 292 g/mol. The second kappa shape index (κ2) is 8.18. The normalized spacial score (nSPS) is 9.76. The van der Waals surface area contributed by atoms with Gasteiger partial charge in [0.25, 0.3) is 0 Å². The molecule has 2 amide bonds. The van der Waals surface area contributed by atoms with Gasteiger partial charge in [-0.05, 0) is 30.7 Å². The van der Waals surface area contributed by atoms with E-state index in [0.717, 1.165) is 6.42 Å². The molecule has 0 aliphatic carbocycles. The predicted octanol–water partition coefficient (Wildman–Crippen LogP) is 2.70. The lowest BCUT2D eigenvalue weighted by molar-refractivity contribution is -0.135. The second-order valence-corrected chi connectivity index (χ2v) is 4.80. The summed E-state index contributed by atoms with van der Waals surface area (Å²) in [5, 5.41) is 9.52. The van der Waals surface area contributed by atoms with Crippen molar-refractivity contribution in [3.8, 4) is 12.3 Å². The van der Waals surface area contributed by atoms with Crippen LogP contribution in [0.5, 0.6) is 0 Å². The first kappa shape index (κ1) is 16.9. The van der Waals surface area contributed by atoms with Crippen LogP contribution in [0.3, 0.4) is 0 Å². The zero-order chi connectivity index (χ0) is 15.8. The summed E-state index contributed by atoms with van der Waals surface area (Å²) >= 11 is 5.81. The number of aliphatic carboxylic acids is 1. The molecule has 0 spiro atoms. The van der Waals surface area contributed by atoms with E-state index in [-0.39, 0.29) is 6.54 Å². The van der Waals surface area contributed by atoms with Crippen molar-refractivity contribution in [3.05, 3.63) is 29.3 Å². The Morgan fingerprint density at radius 1 is 1.33 bits per heavy atom. The highest BCUT2D eigenvalue weighted by molar-refractivity contribution is 6.30. The molecule has 6 heteroatoms. The maximum Gasteiger partial charge on any atom is 0.325 e. The molecule has 0 aliphatic rings. The van der Waals surface area contributed by atoms with Crippen LogP contribution in [0, 0.1) is 12.3 Å². The zero-order valence-electron chi connectivity index (χ0n) is 11.8. The molecule has 1 aromatic carbocycles. The van der Waals surface area contributed by atoms with Crippen molar-refractivity contribution < 1.29 is 14.7 Å². The number of rotatable bonds is 6. The number of amides is 2. The SMILES string of the molecule is C#CCN(CCC)C(=O)N(CC(=O)O)c1ccc(Cl)cc1. The molecule has 0 atom stereocenters. The summed E-state index contributed by atoms with van der Waals surface area (Å²) in [7, 11) is 0. The number of terminal acetylenes is 1. The van der Waals surface area contributed by atoms with Crippen LogP contribution in [0.4, 0.5) is 10.5 Å². The lowest BCUT2D eigenvalue weighted by atomic mass is 10.3. The molecule has 112 valence electrons. The Balaban J connectivity index is 3.05. The minimum absolute atomic E-state index is 0.135. The minimum atomic E-state index is -1.10. The highest BCUT2D eigenvalue weighted by atomic mass is 35.5. The number of carbonyl (C=O) groups excluding carboxylic acids is 1. The van der Waals surface area contributed by atoms with Crippen molar-refractivity contribution in [3.63, 3.8) is 0 Å². The Morgan fingerprint density at radius 3 is 2.43 bits per heavy atom. The maximum atomic E-state index is 12.5. The quantitative estimate of drug-likeness (QED) is 0.822. The number of halogens is 1.